The van der Waals surface area contributed by atoms with Gasteiger partial charge in [0.15, 0.2) is 5.96 Å². The van der Waals surface area contributed by atoms with Crippen LogP contribution in [0.15, 0.2) is 53.5 Å². The van der Waals surface area contributed by atoms with E-state index in [0.29, 0.717) is 5.96 Å². The number of nitrogens with one attached hydrogen (secondary N) is 1. The van der Waals surface area contributed by atoms with Crippen molar-refractivity contribution >= 4 is 11.6 Å². The number of anilines is 1. The minimum absolute atomic E-state index is 0.170. The van der Waals surface area contributed by atoms with Crippen LogP contribution in [-0.2, 0) is 13.0 Å². The SMILES string of the molecule is CC(C)Oc1ccc(NC(N)=NCCCN2CCc3ccccc3C2)cc1. The lowest BCUT2D eigenvalue weighted by Gasteiger charge is -2.28. The first kappa shape index (κ1) is 19.2. The number of benzene rings is 2. The summed E-state index contributed by atoms with van der Waals surface area (Å²) in [5.74, 6) is 1.31. The normalized spacial score (nSPS) is 14.9. The summed E-state index contributed by atoms with van der Waals surface area (Å²) in [4.78, 5) is 6.94. The summed E-state index contributed by atoms with van der Waals surface area (Å²) in [5, 5.41) is 3.13. The number of aliphatic imine (C=N–C) groups is 1. The molecule has 0 unspecified atom stereocenters. The van der Waals surface area contributed by atoms with Crippen LogP contribution in [0.25, 0.3) is 0 Å². The molecule has 5 nitrogen and oxygen atoms in total. The van der Waals surface area contributed by atoms with Crippen LogP contribution in [0.5, 0.6) is 5.75 Å². The van der Waals surface area contributed by atoms with Crippen molar-refractivity contribution in [1.29, 1.82) is 0 Å². The van der Waals surface area contributed by atoms with E-state index in [1.54, 1.807) is 0 Å². The van der Waals surface area contributed by atoms with Crippen LogP contribution in [0.2, 0.25) is 0 Å². The highest BCUT2D eigenvalue weighted by atomic mass is 16.5. The number of fused-ring (bicyclic) bond motifs is 1. The summed E-state index contributed by atoms with van der Waals surface area (Å²) in [6.45, 7) is 7.97. The first-order chi connectivity index (χ1) is 13.1. The summed E-state index contributed by atoms with van der Waals surface area (Å²) in [6, 6.07) is 16.5. The number of hydrogen-bond donors (Lipinski definition) is 2. The molecule has 5 heteroatoms. The topological polar surface area (TPSA) is 62.9 Å². The molecule has 0 saturated carbocycles. The molecule has 3 rings (SSSR count). The van der Waals surface area contributed by atoms with E-state index in [9.17, 15) is 0 Å². The molecular weight excluding hydrogens is 336 g/mol. The predicted octanol–water partition coefficient (Wildman–Crippen LogP) is 3.65. The molecule has 27 heavy (non-hydrogen) atoms. The Bertz CT molecular complexity index is 755. The summed E-state index contributed by atoms with van der Waals surface area (Å²) in [7, 11) is 0. The van der Waals surface area contributed by atoms with E-state index in [1.807, 2.05) is 38.1 Å². The van der Waals surface area contributed by atoms with Gasteiger partial charge in [0.25, 0.3) is 0 Å². The van der Waals surface area contributed by atoms with E-state index in [-0.39, 0.29) is 6.10 Å². The summed E-state index contributed by atoms with van der Waals surface area (Å²) in [5.41, 5.74) is 9.87. The molecule has 0 aromatic heterocycles. The van der Waals surface area contributed by atoms with E-state index in [2.05, 4.69) is 39.5 Å². The Balaban J connectivity index is 1.39. The minimum Gasteiger partial charge on any atom is -0.491 e. The molecule has 1 heterocycles. The Kier molecular flexibility index (Phi) is 6.71. The lowest BCUT2D eigenvalue weighted by atomic mass is 10.00. The van der Waals surface area contributed by atoms with Crippen molar-refractivity contribution in [1.82, 2.24) is 4.90 Å². The van der Waals surface area contributed by atoms with Gasteiger partial charge in [-0.2, -0.15) is 0 Å². The molecule has 0 atom stereocenters. The first-order valence-corrected chi connectivity index (χ1v) is 9.73. The van der Waals surface area contributed by atoms with E-state index in [4.69, 9.17) is 10.5 Å². The molecule has 1 aliphatic rings. The first-order valence-electron chi connectivity index (χ1n) is 9.73. The van der Waals surface area contributed by atoms with Gasteiger partial charge < -0.3 is 15.8 Å². The second-order valence-corrected chi connectivity index (χ2v) is 7.23. The van der Waals surface area contributed by atoms with Gasteiger partial charge in [-0.15, -0.1) is 0 Å². The second-order valence-electron chi connectivity index (χ2n) is 7.23. The van der Waals surface area contributed by atoms with Gasteiger partial charge in [-0.3, -0.25) is 9.89 Å². The van der Waals surface area contributed by atoms with Crippen molar-refractivity contribution in [2.45, 2.75) is 39.3 Å². The number of rotatable bonds is 7. The van der Waals surface area contributed by atoms with Gasteiger partial charge in [0, 0.05) is 31.9 Å². The van der Waals surface area contributed by atoms with E-state index >= 15 is 0 Å². The molecule has 144 valence electrons. The van der Waals surface area contributed by atoms with E-state index < -0.39 is 0 Å². The van der Waals surface area contributed by atoms with Gasteiger partial charge in [-0.25, -0.2) is 0 Å². The van der Waals surface area contributed by atoms with Gasteiger partial charge in [0.1, 0.15) is 5.75 Å². The molecule has 3 N–H and O–H groups in total. The number of ether oxygens (including phenoxy) is 1. The lowest BCUT2D eigenvalue weighted by molar-refractivity contribution is 0.242. The lowest BCUT2D eigenvalue weighted by Crippen LogP contribution is -2.31. The summed E-state index contributed by atoms with van der Waals surface area (Å²) < 4.78 is 5.64. The summed E-state index contributed by atoms with van der Waals surface area (Å²) in [6.07, 6.45) is 2.31. The number of guanidine groups is 1. The zero-order valence-corrected chi connectivity index (χ0v) is 16.3. The highest BCUT2D eigenvalue weighted by Gasteiger charge is 2.14. The van der Waals surface area contributed by atoms with Crippen LogP contribution in [0, 0.1) is 0 Å². The van der Waals surface area contributed by atoms with Gasteiger partial charge in [0.05, 0.1) is 6.10 Å². The standard InChI is InChI=1S/C22H30N4O/c1-17(2)27-21-10-8-20(9-11-21)25-22(23)24-13-5-14-26-15-12-18-6-3-4-7-19(18)16-26/h3-4,6-11,17H,5,12-16H2,1-2H3,(H3,23,24,25). The monoisotopic (exact) mass is 366 g/mol. The number of nitrogens with zero attached hydrogens (tertiary/aromatic N) is 2. The average molecular weight is 367 g/mol. The molecule has 2 aromatic rings. The van der Waals surface area contributed by atoms with Crippen LogP contribution in [0.1, 0.15) is 31.4 Å². The maximum absolute atomic E-state index is 6.00. The molecule has 0 fully saturated rings. The fourth-order valence-electron chi connectivity index (χ4n) is 3.32. The van der Waals surface area contributed by atoms with Gasteiger partial charge in [0.2, 0.25) is 0 Å². The molecule has 0 bridgehead atoms. The highest BCUT2D eigenvalue weighted by molar-refractivity contribution is 5.92. The maximum Gasteiger partial charge on any atom is 0.193 e. The molecule has 0 spiro atoms. The molecule has 2 aromatic carbocycles. The Morgan fingerprint density at radius 2 is 1.89 bits per heavy atom. The van der Waals surface area contributed by atoms with Gasteiger partial charge in [-0.05, 0) is 62.1 Å². The zero-order chi connectivity index (χ0) is 19.1. The quantitative estimate of drug-likeness (QED) is 0.446. The van der Waals surface area contributed by atoms with E-state index in [1.165, 1.54) is 11.1 Å². The molecule has 0 saturated heterocycles. The summed E-state index contributed by atoms with van der Waals surface area (Å²) >= 11 is 0. The fourth-order valence-corrected chi connectivity index (χ4v) is 3.32. The second kappa shape index (κ2) is 9.42. The van der Waals surface area contributed by atoms with Gasteiger partial charge in [-0.1, -0.05) is 24.3 Å². The van der Waals surface area contributed by atoms with Crippen molar-refractivity contribution in [2.24, 2.45) is 10.7 Å². The predicted molar refractivity (Wildman–Crippen MR) is 112 cm³/mol. The van der Waals surface area contributed by atoms with Crippen LogP contribution in [0.4, 0.5) is 5.69 Å². The number of nitrogens with two attached hydrogens (primary N) is 1. The third-order valence-electron chi connectivity index (χ3n) is 4.62. The van der Waals surface area contributed by atoms with Gasteiger partial charge >= 0.3 is 0 Å². The fraction of sp³-hybridized carbons (Fsp3) is 0.409. The molecule has 0 radical (unpaired) electrons. The minimum atomic E-state index is 0.170. The Morgan fingerprint density at radius 1 is 1.15 bits per heavy atom. The van der Waals surface area contributed by atoms with Crippen LogP contribution >= 0.6 is 0 Å². The van der Waals surface area contributed by atoms with Crippen LogP contribution in [0.3, 0.4) is 0 Å². The van der Waals surface area contributed by atoms with Crippen molar-refractivity contribution in [2.75, 3.05) is 25.0 Å². The molecular formula is C22H30N4O. The third kappa shape index (κ3) is 6.00. The van der Waals surface area contributed by atoms with Crippen LogP contribution in [-0.4, -0.2) is 36.6 Å². The van der Waals surface area contributed by atoms with Crippen molar-refractivity contribution in [3.05, 3.63) is 59.7 Å². The van der Waals surface area contributed by atoms with Crippen molar-refractivity contribution < 1.29 is 4.74 Å². The Hall–Kier alpha value is -2.53. The maximum atomic E-state index is 6.00. The third-order valence-corrected chi connectivity index (χ3v) is 4.62. The zero-order valence-electron chi connectivity index (χ0n) is 16.3. The van der Waals surface area contributed by atoms with Crippen molar-refractivity contribution in [3.8, 4) is 5.75 Å². The van der Waals surface area contributed by atoms with Crippen molar-refractivity contribution in [3.63, 3.8) is 0 Å². The molecule has 0 amide bonds. The Labute approximate surface area is 162 Å². The average Bonchev–Trinajstić information content (AvgIpc) is 2.66. The van der Waals surface area contributed by atoms with E-state index in [0.717, 1.165) is 50.5 Å². The van der Waals surface area contributed by atoms with Crippen LogP contribution < -0.4 is 15.8 Å². The molecule has 0 aliphatic carbocycles. The highest BCUT2D eigenvalue weighted by Crippen LogP contribution is 2.18. The Morgan fingerprint density at radius 3 is 2.63 bits per heavy atom. The number of hydrogen-bond acceptors (Lipinski definition) is 3. The largest absolute Gasteiger partial charge is 0.491 e. The molecule has 1 aliphatic heterocycles. The smallest absolute Gasteiger partial charge is 0.193 e.